The van der Waals surface area contributed by atoms with Crippen molar-refractivity contribution in [3.8, 4) is 11.3 Å². The van der Waals surface area contributed by atoms with Gasteiger partial charge in [-0.2, -0.15) is 0 Å². The summed E-state index contributed by atoms with van der Waals surface area (Å²) >= 11 is -1.86. The van der Waals surface area contributed by atoms with Gasteiger partial charge in [0.25, 0.3) is 0 Å². The first-order chi connectivity index (χ1) is 16.8. The summed E-state index contributed by atoms with van der Waals surface area (Å²) in [5.74, 6) is -0.992. The summed E-state index contributed by atoms with van der Waals surface area (Å²) in [6.07, 6.45) is 8.17. The summed E-state index contributed by atoms with van der Waals surface area (Å²) in [6, 6.07) is 4.64. The monoisotopic (exact) mass is 502 g/mol. The fourth-order valence-electron chi connectivity index (χ4n) is 4.24. The summed E-state index contributed by atoms with van der Waals surface area (Å²) in [5, 5.41) is 6.91. The molecule has 11 heteroatoms. The normalized spacial score (nSPS) is 17.3. The van der Waals surface area contributed by atoms with Crippen molar-refractivity contribution in [1.82, 2.24) is 20.3 Å². The van der Waals surface area contributed by atoms with Gasteiger partial charge in [-0.3, -0.25) is 14.0 Å². The van der Waals surface area contributed by atoms with Gasteiger partial charge in [0.05, 0.1) is 6.20 Å². The van der Waals surface area contributed by atoms with E-state index in [1.165, 1.54) is 12.3 Å². The Morgan fingerprint density at radius 1 is 1.14 bits per heavy atom. The first-order valence-corrected chi connectivity index (χ1v) is 13.0. The van der Waals surface area contributed by atoms with E-state index in [-0.39, 0.29) is 34.5 Å². The maximum absolute atomic E-state index is 14.9. The fourth-order valence-corrected chi connectivity index (χ4v) is 4.24. The van der Waals surface area contributed by atoms with Gasteiger partial charge >= 0.3 is 0 Å². The van der Waals surface area contributed by atoms with Crippen molar-refractivity contribution in [3.05, 3.63) is 47.8 Å². The van der Waals surface area contributed by atoms with Crippen LogP contribution in [-0.4, -0.2) is 54.9 Å². The number of ketones is 1. The Labute approximate surface area is 204 Å². The SMILES string of the molecule is CS(=O)[O-].O=C(c1ccnc2c(F)cc(-c3nc(NC4CCNCC4)ncc3F)cc12)C1CCC1. The number of halogens is 2. The molecule has 0 amide bonds. The van der Waals surface area contributed by atoms with Gasteiger partial charge in [-0.25, -0.2) is 18.7 Å². The highest BCUT2D eigenvalue weighted by atomic mass is 32.2. The molecule has 3 heterocycles. The lowest BCUT2D eigenvalue weighted by Crippen LogP contribution is -2.35. The summed E-state index contributed by atoms with van der Waals surface area (Å²) in [7, 11) is 0. The summed E-state index contributed by atoms with van der Waals surface area (Å²) < 4.78 is 47.6. The van der Waals surface area contributed by atoms with E-state index < -0.39 is 22.7 Å². The third-order valence-corrected chi connectivity index (χ3v) is 6.23. The number of Topliss-reactive ketones (excluding diaryl/α,β-unsaturated/α-hetero) is 1. The van der Waals surface area contributed by atoms with E-state index in [1.54, 1.807) is 12.1 Å². The van der Waals surface area contributed by atoms with E-state index in [0.29, 0.717) is 16.9 Å². The number of carbonyl (C=O) groups is 1. The number of carbonyl (C=O) groups excluding carboxylic acids is 1. The van der Waals surface area contributed by atoms with E-state index in [9.17, 15) is 13.6 Å². The lowest BCUT2D eigenvalue weighted by molar-refractivity contribution is 0.0857. The molecule has 1 saturated carbocycles. The van der Waals surface area contributed by atoms with Gasteiger partial charge in [0.2, 0.25) is 5.95 Å². The Balaban J connectivity index is 0.000000672. The highest BCUT2D eigenvalue weighted by Crippen LogP contribution is 2.34. The van der Waals surface area contributed by atoms with Crippen molar-refractivity contribution in [2.45, 2.75) is 38.1 Å². The molecule has 0 radical (unpaired) electrons. The highest BCUT2D eigenvalue weighted by Gasteiger charge is 2.28. The van der Waals surface area contributed by atoms with Crippen molar-refractivity contribution in [1.29, 1.82) is 0 Å². The quantitative estimate of drug-likeness (QED) is 0.401. The van der Waals surface area contributed by atoms with Crippen LogP contribution < -0.4 is 10.6 Å². The van der Waals surface area contributed by atoms with Crippen LogP contribution in [0, 0.1) is 17.6 Å². The van der Waals surface area contributed by atoms with E-state index >= 15 is 0 Å². The molecule has 1 unspecified atom stereocenters. The van der Waals surface area contributed by atoms with Gasteiger partial charge in [-0.05, 0) is 63.2 Å². The number of nitrogens with zero attached hydrogens (tertiary/aromatic N) is 3. The van der Waals surface area contributed by atoms with E-state index in [4.69, 9.17) is 8.76 Å². The van der Waals surface area contributed by atoms with Crippen LogP contribution in [0.1, 0.15) is 42.5 Å². The topological polar surface area (TPSA) is 120 Å². The predicted octanol–water partition coefficient (Wildman–Crippen LogP) is 3.61. The molecule has 2 N–H and O–H groups in total. The van der Waals surface area contributed by atoms with E-state index in [1.807, 2.05) is 0 Å². The van der Waals surface area contributed by atoms with Crippen molar-refractivity contribution in [3.63, 3.8) is 0 Å². The van der Waals surface area contributed by atoms with Crippen LogP contribution in [0.5, 0.6) is 0 Å². The molecule has 35 heavy (non-hydrogen) atoms. The number of pyridine rings is 1. The Hall–Kier alpha value is -2.89. The molecule has 1 aliphatic carbocycles. The number of benzene rings is 1. The Morgan fingerprint density at radius 2 is 1.86 bits per heavy atom. The van der Waals surface area contributed by atoms with Crippen LogP contribution in [0.3, 0.4) is 0 Å². The second-order valence-electron chi connectivity index (χ2n) is 8.66. The van der Waals surface area contributed by atoms with Gasteiger partial charge in [0.1, 0.15) is 17.0 Å². The third kappa shape index (κ3) is 6.03. The molecular formula is C24H26F2N5O3S-. The number of rotatable bonds is 5. The average Bonchev–Trinajstić information content (AvgIpc) is 2.79. The van der Waals surface area contributed by atoms with Crippen LogP contribution in [0.4, 0.5) is 14.7 Å². The minimum absolute atomic E-state index is 0.00173. The van der Waals surface area contributed by atoms with Crippen LogP contribution in [0.15, 0.2) is 30.6 Å². The summed E-state index contributed by atoms with van der Waals surface area (Å²) in [6.45, 7) is 1.79. The molecule has 0 bridgehead atoms. The lowest BCUT2D eigenvalue weighted by atomic mass is 9.79. The Morgan fingerprint density at radius 3 is 2.51 bits per heavy atom. The molecule has 1 aromatic carbocycles. The molecule has 186 valence electrons. The zero-order chi connectivity index (χ0) is 24.9. The molecule has 1 aliphatic heterocycles. The number of piperidine rings is 1. The largest absolute Gasteiger partial charge is 0.773 e. The van der Waals surface area contributed by atoms with E-state index in [0.717, 1.165) is 57.6 Å². The maximum atomic E-state index is 14.9. The molecule has 5 rings (SSSR count). The predicted molar refractivity (Wildman–Crippen MR) is 129 cm³/mol. The molecule has 2 aromatic heterocycles. The van der Waals surface area contributed by atoms with Crippen LogP contribution in [-0.2, 0) is 11.1 Å². The second kappa shape index (κ2) is 11.2. The maximum Gasteiger partial charge on any atom is 0.223 e. The standard InChI is InChI=1S/C23H23F2N5O.CH4O2S/c24-18-11-14(10-17-16(6-9-27-21(17)18)22(31)13-2-1-3-13)20-19(25)12-28-23(30-20)29-15-4-7-26-8-5-15;1-4(2)3/h6,9-13,15,26H,1-5,7-8H2,(H,28,29,30);1H3,(H,2,3)/p-1. The van der Waals surface area contributed by atoms with Crippen molar-refractivity contribution in [2.75, 3.05) is 24.7 Å². The summed E-state index contributed by atoms with van der Waals surface area (Å²) in [4.78, 5) is 25.4. The van der Waals surface area contributed by atoms with Gasteiger partial charge < -0.3 is 15.2 Å². The number of hydrogen-bond donors (Lipinski definition) is 2. The molecule has 8 nitrogen and oxygen atoms in total. The zero-order valence-electron chi connectivity index (χ0n) is 19.2. The second-order valence-corrected chi connectivity index (χ2v) is 9.47. The first kappa shape index (κ1) is 25.2. The number of anilines is 1. The number of fused-ring (bicyclic) bond motifs is 1. The van der Waals surface area contributed by atoms with Crippen LogP contribution >= 0.6 is 0 Å². The molecule has 3 aromatic rings. The number of aromatic nitrogens is 3. The fraction of sp³-hybridized carbons (Fsp3) is 0.417. The molecule has 2 fully saturated rings. The number of nitrogens with one attached hydrogen (secondary N) is 2. The Bertz CT molecular complexity index is 1250. The Kier molecular flexibility index (Phi) is 8.09. The van der Waals surface area contributed by atoms with Crippen molar-refractivity contribution < 1.29 is 22.3 Å². The lowest BCUT2D eigenvalue weighted by Gasteiger charge is -2.24. The van der Waals surface area contributed by atoms with Crippen molar-refractivity contribution in [2.24, 2.45) is 5.92 Å². The molecule has 1 atom stereocenters. The number of hydrogen-bond acceptors (Lipinski definition) is 8. The zero-order valence-corrected chi connectivity index (χ0v) is 20.0. The van der Waals surface area contributed by atoms with Crippen LogP contribution in [0.2, 0.25) is 0 Å². The van der Waals surface area contributed by atoms with Crippen molar-refractivity contribution >= 4 is 33.7 Å². The average molecular weight is 503 g/mol. The minimum Gasteiger partial charge on any atom is -0.773 e. The summed E-state index contributed by atoms with van der Waals surface area (Å²) in [5.41, 5.74) is 0.793. The molecule has 0 spiro atoms. The molecular weight excluding hydrogens is 476 g/mol. The smallest absolute Gasteiger partial charge is 0.223 e. The minimum atomic E-state index is -1.86. The van der Waals surface area contributed by atoms with Crippen LogP contribution in [0.25, 0.3) is 22.2 Å². The molecule has 2 aliphatic rings. The highest BCUT2D eigenvalue weighted by molar-refractivity contribution is 7.78. The van der Waals surface area contributed by atoms with Gasteiger partial charge in [0, 0.05) is 34.7 Å². The van der Waals surface area contributed by atoms with Gasteiger partial charge in [0.15, 0.2) is 11.6 Å². The molecule has 1 saturated heterocycles. The van der Waals surface area contributed by atoms with Gasteiger partial charge in [-0.15, -0.1) is 0 Å². The third-order valence-electron chi connectivity index (χ3n) is 6.23. The first-order valence-electron chi connectivity index (χ1n) is 11.5. The van der Waals surface area contributed by atoms with Gasteiger partial charge in [-0.1, -0.05) is 17.5 Å². The van der Waals surface area contributed by atoms with E-state index in [2.05, 4.69) is 25.6 Å².